The second kappa shape index (κ2) is 6.62. The molecule has 3 N–H and O–H groups in total. The van der Waals surface area contributed by atoms with Crippen LogP contribution in [0.15, 0.2) is 48.5 Å². The lowest BCUT2D eigenvalue weighted by atomic mass is 9.98. The fourth-order valence-electron chi connectivity index (χ4n) is 2.85. The second-order valence-corrected chi connectivity index (χ2v) is 5.49. The van der Waals surface area contributed by atoms with Gasteiger partial charge in [-0.1, -0.05) is 42.5 Å². The summed E-state index contributed by atoms with van der Waals surface area (Å²) in [5, 5.41) is 15.8. The number of aliphatic hydroxyl groups is 1. The fourth-order valence-corrected chi connectivity index (χ4v) is 2.85. The van der Waals surface area contributed by atoms with Gasteiger partial charge in [0.1, 0.15) is 0 Å². The highest BCUT2D eigenvalue weighted by Crippen LogP contribution is 2.26. The molecular formula is C18H20N2O2. The molecule has 3 rings (SSSR count). The van der Waals surface area contributed by atoms with Gasteiger partial charge in [0.15, 0.2) is 0 Å². The molecule has 1 aliphatic rings. The molecule has 22 heavy (non-hydrogen) atoms. The summed E-state index contributed by atoms with van der Waals surface area (Å²) in [6, 6.07) is 14.9. The smallest absolute Gasteiger partial charge is 0.253 e. The molecule has 0 radical (unpaired) electrons. The Labute approximate surface area is 130 Å². The zero-order valence-electron chi connectivity index (χ0n) is 12.4. The molecule has 114 valence electrons. The number of rotatable bonds is 4. The number of benzene rings is 2. The molecule has 1 aliphatic heterocycles. The van der Waals surface area contributed by atoms with Gasteiger partial charge in [-0.25, -0.2) is 0 Å². The number of carbonyl (C=O) groups is 1. The van der Waals surface area contributed by atoms with E-state index in [2.05, 4.69) is 16.7 Å². The van der Waals surface area contributed by atoms with Gasteiger partial charge in [-0.2, -0.15) is 0 Å². The van der Waals surface area contributed by atoms with E-state index >= 15 is 0 Å². The van der Waals surface area contributed by atoms with E-state index in [9.17, 15) is 9.90 Å². The highest BCUT2D eigenvalue weighted by molar-refractivity contribution is 6.00. The van der Waals surface area contributed by atoms with Gasteiger partial charge in [0.05, 0.1) is 23.9 Å². The maximum Gasteiger partial charge on any atom is 0.253 e. The lowest BCUT2D eigenvalue weighted by molar-refractivity contribution is 0.0917. The number of aryl methyl sites for hydroxylation is 1. The SMILES string of the molecule is O=C(N[C@H](CO)c1ccccc1)c1cccc2c1NCCC2. The lowest BCUT2D eigenvalue weighted by Crippen LogP contribution is -2.32. The number of amides is 1. The molecule has 0 bridgehead atoms. The summed E-state index contributed by atoms with van der Waals surface area (Å²) in [6.07, 6.45) is 2.08. The first-order valence-electron chi connectivity index (χ1n) is 7.62. The molecule has 1 amide bonds. The van der Waals surface area contributed by atoms with Crippen molar-refractivity contribution in [2.75, 3.05) is 18.5 Å². The van der Waals surface area contributed by atoms with Gasteiger partial charge in [-0.3, -0.25) is 4.79 Å². The van der Waals surface area contributed by atoms with Gasteiger partial charge >= 0.3 is 0 Å². The van der Waals surface area contributed by atoms with Gasteiger partial charge in [-0.15, -0.1) is 0 Å². The summed E-state index contributed by atoms with van der Waals surface area (Å²) in [7, 11) is 0. The van der Waals surface area contributed by atoms with Crippen LogP contribution in [0.4, 0.5) is 5.69 Å². The van der Waals surface area contributed by atoms with Crippen LogP contribution in [0.25, 0.3) is 0 Å². The van der Waals surface area contributed by atoms with Crippen LogP contribution in [0.5, 0.6) is 0 Å². The molecule has 0 aromatic heterocycles. The van der Waals surface area contributed by atoms with E-state index in [0.717, 1.165) is 30.6 Å². The third kappa shape index (κ3) is 2.97. The average Bonchev–Trinajstić information content (AvgIpc) is 2.59. The van der Waals surface area contributed by atoms with Crippen molar-refractivity contribution in [1.29, 1.82) is 0 Å². The predicted molar refractivity (Wildman–Crippen MR) is 87.0 cm³/mol. The molecule has 0 saturated carbocycles. The Morgan fingerprint density at radius 2 is 2.00 bits per heavy atom. The maximum absolute atomic E-state index is 12.6. The van der Waals surface area contributed by atoms with Crippen molar-refractivity contribution in [3.8, 4) is 0 Å². The van der Waals surface area contributed by atoms with Crippen molar-refractivity contribution >= 4 is 11.6 Å². The number of anilines is 1. The zero-order chi connectivity index (χ0) is 15.4. The van der Waals surface area contributed by atoms with Crippen LogP contribution in [0.2, 0.25) is 0 Å². The maximum atomic E-state index is 12.6. The first-order chi connectivity index (χ1) is 10.8. The number of hydrogen-bond donors (Lipinski definition) is 3. The summed E-state index contributed by atoms with van der Waals surface area (Å²) in [6.45, 7) is 0.762. The van der Waals surface area contributed by atoms with E-state index in [1.54, 1.807) is 0 Å². The Morgan fingerprint density at radius 1 is 1.18 bits per heavy atom. The summed E-state index contributed by atoms with van der Waals surface area (Å²) >= 11 is 0. The molecule has 0 aliphatic carbocycles. The monoisotopic (exact) mass is 296 g/mol. The van der Waals surface area contributed by atoms with Crippen molar-refractivity contribution in [2.24, 2.45) is 0 Å². The van der Waals surface area contributed by atoms with Crippen LogP contribution >= 0.6 is 0 Å². The van der Waals surface area contributed by atoms with Crippen molar-refractivity contribution in [2.45, 2.75) is 18.9 Å². The Hall–Kier alpha value is -2.33. The number of para-hydroxylation sites is 1. The molecule has 1 heterocycles. The van der Waals surface area contributed by atoms with Gasteiger partial charge in [-0.05, 0) is 30.0 Å². The van der Waals surface area contributed by atoms with E-state index in [1.807, 2.05) is 42.5 Å². The number of fused-ring (bicyclic) bond motifs is 1. The van der Waals surface area contributed by atoms with E-state index < -0.39 is 6.04 Å². The van der Waals surface area contributed by atoms with Crippen molar-refractivity contribution in [3.05, 3.63) is 65.2 Å². The summed E-state index contributed by atoms with van der Waals surface area (Å²) in [5.41, 5.74) is 3.65. The van der Waals surface area contributed by atoms with Crippen LogP contribution in [0.3, 0.4) is 0 Å². The first-order valence-corrected chi connectivity index (χ1v) is 7.62. The molecule has 0 saturated heterocycles. The number of nitrogens with one attached hydrogen (secondary N) is 2. The Morgan fingerprint density at radius 3 is 2.77 bits per heavy atom. The molecule has 1 atom stereocenters. The molecule has 2 aromatic rings. The average molecular weight is 296 g/mol. The summed E-state index contributed by atoms with van der Waals surface area (Å²) in [4.78, 5) is 12.6. The Bertz CT molecular complexity index is 655. The normalized spacial score (nSPS) is 14.6. The zero-order valence-corrected chi connectivity index (χ0v) is 12.4. The van der Waals surface area contributed by atoms with Gasteiger partial charge in [0.2, 0.25) is 0 Å². The highest BCUT2D eigenvalue weighted by Gasteiger charge is 2.20. The van der Waals surface area contributed by atoms with Crippen LogP contribution in [-0.4, -0.2) is 24.2 Å². The quantitative estimate of drug-likeness (QED) is 0.812. The largest absolute Gasteiger partial charge is 0.394 e. The van der Waals surface area contributed by atoms with Crippen molar-refractivity contribution in [3.63, 3.8) is 0 Å². The summed E-state index contributed by atoms with van der Waals surface area (Å²) in [5.74, 6) is -0.158. The predicted octanol–water partition coefficient (Wildman–Crippen LogP) is 2.51. The molecule has 4 nitrogen and oxygen atoms in total. The number of carbonyl (C=O) groups excluding carboxylic acids is 1. The summed E-state index contributed by atoms with van der Waals surface area (Å²) < 4.78 is 0. The molecule has 4 heteroatoms. The van der Waals surface area contributed by atoms with E-state index in [-0.39, 0.29) is 12.5 Å². The molecular weight excluding hydrogens is 276 g/mol. The van der Waals surface area contributed by atoms with Gasteiger partial charge in [0.25, 0.3) is 5.91 Å². The van der Waals surface area contributed by atoms with Crippen LogP contribution in [-0.2, 0) is 6.42 Å². The molecule has 2 aromatic carbocycles. The minimum absolute atomic E-state index is 0.127. The van der Waals surface area contributed by atoms with Gasteiger partial charge in [0, 0.05) is 6.54 Å². The third-order valence-electron chi connectivity index (χ3n) is 4.01. The van der Waals surface area contributed by atoms with Crippen LogP contribution in [0.1, 0.15) is 33.9 Å². The first kappa shape index (κ1) is 14.6. The highest BCUT2D eigenvalue weighted by atomic mass is 16.3. The third-order valence-corrected chi connectivity index (χ3v) is 4.01. The number of aliphatic hydroxyl groups excluding tert-OH is 1. The van der Waals surface area contributed by atoms with Crippen LogP contribution in [0, 0.1) is 0 Å². The van der Waals surface area contributed by atoms with Crippen molar-refractivity contribution in [1.82, 2.24) is 5.32 Å². The fraction of sp³-hybridized carbons (Fsp3) is 0.278. The molecule has 0 unspecified atom stereocenters. The number of hydrogen-bond acceptors (Lipinski definition) is 3. The molecule has 0 fully saturated rings. The molecule has 0 spiro atoms. The minimum Gasteiger partial charge on any atom is -0.394 e. The Balaban J connectivity index is 1.82. The lowest BCUT2D eigenvalue weighted by Gasteiger charge is -2.22. The van der Waals surface area contributed by atoms with Gasteiger partial charge < -0.3 is 15.7 Å². The van der Waals surface area contributed by atoms with Crippen molar-refractivity contribution < 1.29 is 9.90 Å². The topological polar surface area (TPSA) is 61.4 Å². The van der Waals surface area contributed by atoms with E-state index in [1.165, 1.54) is 5.56 Å². The Kier molecular flexibility index (Phi) is 4.39. The second-order valence-electron chi connectivity index (χ2n) is 5.49. The standard InChI is InChI=1S/C18H20N2O2/c21-12-16(13-6-2-1-3-7-13)20-18(22)15-10-4-8-14-9-5-11-19-17(14)15/h1-4,6-8,10,16,19,21H,5,9,11-12H2,(H,20,22)/t16-/m1/s1. The van der Waals surface area contributed by atoms with E-state index in [0.29, 0.717) is 5.56 Å². The van der Waals surface area contributed by atoms with Crippen LogP contribution < -0.4 is 10.6 Å². The minimum atomic E-state index is -0.395. The van der Waals surface area contributed by atoms with E-state index in [4.69, 9.17) is 0 Å².